The minimum Gasteiger partial charge on any atom is -0.279 e. The third-order valence-electron chi connectivity index (χ3n) is 3.26. The number of hydrogen-bond acceptors (Lipinski definition) is 4. The van der Waals surface area contributed by atoms with Crippen LogP contribution in [-0.2, 0) is 19.9 Å². The fourth-order valence-electron chi connectivity index (χ4n) is 2.04. The SMILES string of the molecule is Cc1cccc(C)c1NS(=O)(=O)c1cccc(S(C)(=O)=O)c1. The number of sulfonamides is 1. The molecule has 118 valence electrons. The van der Waals surface area contributed by atoms with Crippen LogP contribution in [0.4, 0.5) is 5.69 Å². The number of anilines is 1. The van der Waals surface area contributed by atoms with Crippen LogP contribution < -0.4 is 4.72 Å². The van der Waals surface area contributed by atoms with Gasteiger partial charge in [0, 0.05) is 6.26 Å². The molecule has 22 heavy (non-hydrogen) atoms. The van der Waals surface area contributed by atoms with Crippen molar-refractivity contribution in [2.24, 2.45) is 0 Å². The van der Waals surface area contributed by atoms with Crippen molar-refractivity contribution < 1.29 is 16.8 Å². The molecule has 0 heterocycles. The molecule has 0 amide bonds. The highest BCUT2D eigenvalue weighted by atomic mass is 32.2. The Balaban J connectivity index is 2.48. The van der Waals surface area contributed by atoms with E-state index in [4.69, 9.17) is 0 Å². The van der Waals surface area contributed by atoms with Crippen molar-refractivity contribution in [3.05, 3.63) is 53.6 Å². The number of para-hydroxylation sites is 1. The minimum atomic E-state index is -3.86. The number of aryl methyl sites for hydroxylation is 2. The highest BCUT2D eigenvalue weighted by Crippen LogP contribution is 2.24. The van der Waals surface area contributed by atoms with Crippen LogP contribution in [-0.4, -0.2) is 23.1 Å². The predicted octanol–water partition coefficient (Wildman–Crippen LogP) is 2.51. The molecule has 0 fully saturated rings. The average molecular weight is 339 g/mol. The normalized spacial score (nSPS) is 12.1. The maximum Gasteiger partial charge on any atom is 0.261 e. The third kappa shape index (κ3) is 3.48. The standard InChI is InChI=1S/C15H17NO4S2/c1-11-6-4-7-12(2)15(11)16-22(19,20)14-9-5-8-13(10-14)21(3,17)18/h4-10,16H,1-3H3. The summed E-state index contributed by atoms with van der Waals surface area (Å²) >= 11 is 0. The molecular weight excluding hydrogens is 322 g/mol. The van der Waals surface area contributed by atoms with Gasteiger partial charge in [-0.2, -0.15) is 0 Å². The first-order chi connectivity index (χ1) is 10.1. The van der Waals surface area contributed by atoms with Crippen LogP contribution >= 0.6 is 0 Å². The Labute approximate surface area is 131 Å². The summed E-state index contributed by atoms with van der Waals surface area (Å²) in [4.78, 5) is -0.116. The van der Waals surface area contributed by atoms with E-state index < -0.39 is 19.9 Å². The van der Waals surface area contributed by atoms with E-state index in [0.717, 1.165) is 23.4 Å². The first kappa shape index (κ1) is 16.5. The lowest BCUT2D eigenvalue weighted by Crippen LogP contribution is -2.15. The van der Waals surface area contributed by atoms with E-state index in [9.17, 15) is 16.8 Å². The van der Waals surface area contributed by atoms with Crippen molar-refractivity contribution in [2.45, 2.75) is 23.6 Å². The van der Waals surface area contributed by atoms with Crippen molar-refractivity contribution in [3.63, 3.8) is 0 Å². The molecule has 0 aliphatic rings. The van der Waals surface area contributed by atoms with Crippen molar-refractivity contribution >= 4 is 25.5 Å². The van der Waals surface area contributed by atoms with E-state index in [1.165, 1.54) is 18.2 Å². The van der Waals surface area contributed by atoms with E-state index in [2.05, 4.69) is 4.72 Å². The maximum atomic E-state index is 12.5. The monoisotopic (exact) mass is 339 g/mol. The maximum absolute atomic E-state index is 12.5. The van der Waals surface area contributed by atoms with Gasteiger partial charge in [-0.1, -0.05) is 24.3 Å². The zero-order valence-corrected chi connectivity index (χ0v) is 14.1. The van der Waals surface area contributed by atoms with Crippen LogP contribution in [0.15, 0.2) is 52.3 Å². The predicted molar refractivity (Wildman–Crippen MR) is 86.3 cm³/mol. The van der Waals surface area contributed by atoms with Gasteiger partial charge in [0.25, 0.3) is 10.0 Å². The Morgan fingerprint density at radius 3 is 1.86 bits per heavy atom. The summed E-state index contributed by atoms with van der Waals surface area (Å²) in [5, 5.41) is 0. The van der Waals surface area contributed by atoms with Gasteiger partial charge in [-0.15, -0.1) is 0 Å². The molecule has 0 spiro atoms. The molecule has 2 aromatic rings. The smallest absolute Gasteiger partial charge is 0.261 e. The van der Waals surface area contributed by atoms with E-state index in [0.29, 0.717) is 5.69 Å². The molecular formula is C15H17NO4S2. The Morgan fingerprint density at radius 2 is 1.32 bits per heavy atom. The Kier molecular flexibility index (Phi) is 4.30. The third-order valence-corrected chi connectivity index (χ3v) is 5.72. The van der Waals surface area contributed by atoms with Crippen LogP contribution in [0.3, 0.4) is 0 Å². The summed E-state index contributed by atoms with van der Waals surface area (Å²) in [6.45, 7) is 3.61. The van der Waals surface area contributed by atoms with Gasteiger partial charge in [-0.25, -0.2) is 16.8 Å². The second-order valence-corrected chi connectivity index (χ2v) is 8.82. The first-order valence-electron chi connectivity index (χ1n) is 6.50. The quantitative estimate of drug-likeness (QED) is 0.928. The van der Waals surface area contributed by atoms with Crippen molar-refractivity contribution in [2.75, 3.05) is 11.0 Å². The number of sulfone groups is 1. The molecule has 0 saturated carbocycles. The summed E-state index contributed by atoms with van der Waals surface area (Å²) in [5.41, 5.74) is 2.10. The Bertz CT molecular complexity index is 896. The zero-order valence-electron chi connectivity index (χ0n) is 12.5. The molecule has 0 aliphatic carbocycles. The van der Waals surface area contributed by atoms with Gasteiger partial charge in [0.2, 0.25) is 0 Å². The molecule has 0 radical (unpaired) electrons. The molecule has 7 heteroatoms. The summed E-state index contributed by atoms with van der Waals surface area (Å²) in [6.07, 6.45) is 1.04. The lowest BCUT2D eigenvalue weighted by molar-refractivity contribution is 0.599. The molecule has 1 N–H and O–H groups in total. The molecule has 0 aliphatic heterocycles. The van der Waals surface area contributed by atoms with E-state index >= 15 is 0 Å². The van der Waals surface area contributed by atoms with Crippen LogP contribution in [0.2, 0.25) is 0 Å². The second kappa shape index (κ2) is 5.73. The van der Waals surface area contributed by atoms with E-state index in [1.807, 2.05) is 6.07 Å². The van der Waals surface area contributed by atoms with Gasteiger partial charge in [0.05, 0.1) is 15.5 Å². The van der Waals surface area contributed by atoms with Crippen LogP contribution in [0, 0.1) is 13.8 Å². The van der Waals surface area contributed by atoms with Crippen LogP contribution in [0.25, 0.3) is 0 Å². The summed E-state index contributed by atoms with van der Waals surface area (Å²) in [6, 6.07) is 10.8. The lowest BCUT2D eigenvalue weighted by Gasteiger charge is -2.13. The van der Waals surface area contributed by atoms with Gasteiger partial charge in [-0.3, -0.25) is 4.72 Å². The van der Waals surface area contributed by atoms with Gasteiger partial charge < -0.3 is 0 Å². The largest absolute Gasteiger partial charge is 0.279 e. The molecule has 0 unspecified atom stereocenters. The van der Waals surface area contributed by atoms with Crippen molar-refractivity contribution in [1.82, 2.24) is 0 Å². The van der Waals surface area contributed by atoms with Crippen LogP contribution in [0.1, 0.15) is 11.1 Å². The van der Waals surface area contributed by atoms with Crippen molar-refractivity contribution in [3.8, 4) is 0 Å². The van der Waals surface area contributed by atoms with Gasteiger partial charge in [-0.05, 0) is 43.2 Å². The van der Waals surface area contributed by atoms with Crippen LogP contribution in [0.5, 0.6) is 0 Å². The Hall–Kier alpha value is -1.86. The molecule has 0 aromatic heterocycles. The fraction of sp³-hybridized carbons (Fsp3) is 0.200. The van der Waals surface area contributed by atoms with Gasteiger partial charge in [0.15, 0.2) is 9.84 Å². The molecule has 0 saturated heterocycles. The number of rotatable bonds is 4. The summed E-state index contributed by atoms with van der Waals surface area (Å²) in [5.74, 6) is 0. The molecule has 0 atom stereocenters. The number of hydrogen-bond donors (Lipinski definition) is 1. The van der Waals surface area contributed by atoms with E-state index in [1.54, 1.807) is 26.0 Å². The first-order valence-corrected chi connectivity index (χ1v) is 9.88. The highest BCUT2D eigenvalue weighted by molar-refractivity contribution is 7.93. The molecule has 2 rings (SSSR count). The second-order valence-electron chi connectivity index (χ2n) is 5.12. The minimum absolute atomic E-state index is 0.0307. The molecule has 2 aromatic carbocycles. The van der Waals surface area contributed by atoms with E-state index in [-0.39, 0.29) is 9.79 Å². The summed E-state index contributed by atoms with van der Waals surface area (Å²) < 4.78 is 50.6. The number of nitrogens with one attached hydrogen (secondary N) is 1. The highest BCUT2D eigenvalue weighted by Gasteiger charge is 2.18. The van der Waals surface area contributed by atoms with Crippen molar-refractivity contribution in [1.29, 1.82) is 0 Å². The summed E-state index contributed by atoms with van der Waals surface area (Å²) in [7, 11) is -7.32. The lowest BCUT2D eigenvalue weighted by atomic mass is 10.1. The molecule has 0 bridgehead atoms. The number of benzene rings is 2. The Morgan fingerprint density at radius 1 is 0.818 bits per heavy atom. The van der Waals surface area contributed by atoms with Gasteiger partial charge >= 0.3 is 0 Å². The van der Waals surface area contributed by atoms with Gasteiger partial charge in [0.1, 0.15) is 0 Å². The topological polar surface area (TPSA) is 80.3 Å². The fourth-order valence-corrected chi connectivity index (χ4v) is 4.03. The molecule has 5 nitrogen and oxygen atoms in total. The zero-order chi connectivity index (χ0) is 16.5. The average Bonchev–Trinajstić information content (AvgIpc) is 2.42.